The lowest BCUT2D eigenvalue weighted by Crippen LogP contribution is -2.01. The number of aromatic nitrogens is 4. The third-order valence-corrected chi connectivity index (χ3v) is 12.2. The summed E-state index contributed by atoms with van der Waals surface area (Å²) in [7, 11) is 0. The van der Waals surface area contributed by atoms with Gasteiger partial charge in [-0.05, 0) is 103 Å². The second-order valence-electron chi connectivity index (χ2n) is 16.0. The minimum absolute atomic E-state index is 0.615. The van der Waals surface area contributed by atoms with E-state index in [1.807, 2.05) is 6.07 Å². The van der Waals surface area contributed by atoms with Gasteiger partial charge in [0, 0.05) is 33.2 Å². The summed E-state index contributed by atoms with van der Waals surface area (Å²) in [5.41, 5.74) is 13.1. The van der Waals surface area contributed by atoms with Gasteiger partial charge in [0.05, 0.1) is 11.0 Å². The van der Waals surface area contributed by atoms with Crippen molar-refractivity contribution in [1.82, 2.24) is 19.5 Å². The molecular formula is C59H38N4. The van der Waals surface area contributed by atoms with Crippen LogP contribution >= 0.6 is 0 Å². The predicted octanol–water partition coefficient (Wildman–Crippen LogP) is 15.3. The van der Waals surface area contributed by atoms with Crippen molar-refractivity contribution in [3.8, 4) is 73.2 Å². The minimum Gasteiger partial charge on any atom is -0.309 e. The van der Waals surface area contributed by atoms with Crippen LogP contribution in [-0.2, 0) is 0 Å². The summed E-state index contributed by atoms with van der Waals surface area (Å²) >= 11 is 0. The molecule has 63 heavy (non-hydrogen) atoms. The zero-order valence-electron chi connectivity index (χ0n) is 34.2. The number of para-hydroxylation sites is 1. The van der Waals surface area contributed by atoms with Gasteiger partial charge in [0.15, 0.2) is 17.5 Å². The SMILES string of the molecule is c1ccc(-c2ccc(-c3nc(-c4ccc(-n5c6ccccc6c6cc7ccccc7cc65)cc4)nc(-c4cccc(-c5cccc6cccc(-c7ccccc7)c56)c4)n3)cc2)cc1. The molecule has 0 N–H and O–H groups in total. The van der Waals surface area contributed by atoms with Crippen molar-refractivity contribution in [2.24, 2.45) is 0 Å². The van der Waals surface area contributed by atoms with E-state index in [9.17, 15) is 0 Å². The van der Waals surface area contributed by atoms with Crippen molar-refractivity contribution in [3.05, 3.63) is 231 Å². The molecule has 2 heterocycles. The fourth-order valence-corrected chi connectivity index (χ4v) is 9.16. The second-order valence-corrected chi connectivity index (χ2v) is 16.0. The van der Waals surface area contributed by atoms with Gasteiger partial charge in [-0.25, -0.2) is 15.0 Å². The second kappa shape index (κ2) is 15.2. The lowest BCUT2D eigenvalue weighted by atomic mass is 9.91. The number of rotatable bonds is 7. The number of hydrogen-bond acceptors (Lipinski definition) is 3. The van der Waals surface area contributed by atoms with Crippen LogP contribution in [0.5, 0.6) is 0 Å². The molecule has 0 unspecified atom stereocenters. The van der Waals surface area contributed by atoms with Crippen molar-refractivity contribution in [2.75, 3.05) is 0 Å². The molecule has 0 amide bonds. The highest BCUT2D eigenvalue weighted by Crippen LogP contribution is 2.39. The van der Waals surface area contributed by atoms with Gasteiger partial charge in [0.25, 0.3) is 0 Å². The molecule has 12 aromatic rings. The summed E-state index contributed by atoms with van der Waals surface area (Å²) in [4.78, 5) is 15.6. The fourth-order valence-electron chi connectivity index (χ4n) is 9.16. The molecule has 0 aliphatic heterocycles. The Bertz CT molecular complexity index is 3640. The van der Waals surface area contributed by atoms with Crippen LogP contribution in [0.2, 0.25) is 0 Å². The number of fused-ring (bicyclic) bond motifs is 5. The Morgan fingerprint density at radius 1 is 0.270 bits per heavy atom. The minimum atomic E-state index is 0.615. The van der Waals surface area contributed by atoms with Crippen LogP contribution in [0.3, 0.4) is 0 Å². The molecule has 0 saturated carbocycles. The van der Waals surface area contributed by atoms with Crippen LogP contribution in [0.15, 0.2) is 231 Å². The molecule has 4 nitrogen and oxygen atoms in total. The van der Waals surface area contributed by atoms with Crippen molar-refractivity contribution in [2.45, 2.75) is 0 Å². The Kier molecular flexibility index (Phi) is 8.79. The van der Waals surface area contributed by atoms with E-state index in [2.05, 4.69) is 229 Å². The molecule has 0 bridgehead atoms. The molecule has 0 aliphatic carbocycles. The van der Waals surface area contributed by atoms with Gasteiger partial charge >= 0.3 is 0 Å². The van der Waals surface area contributed by atoms with Crippen LogP contribution in [0.25, 0.3) is 117 Å². The highest BCUT2D eigenvalue weighted by Gasteiger charge is 2.17. The number of hydrogen-bond donors (Lipinski definition) is 0. The molecule has 0 spiro atoms. The smallest absolute Gasteiger partial charge is 0.164 e. The van der Waals surface area contributed by atoms with Gasteiger partial charge in [-0.15, -0.1) is 0 Å². The normalized spacial score (nSPS) is 11.5. The van der Waals surface area contributed by atoms with Crippen LogP contribution in [0, 0.1) is 0 Å². The molecule has 2 aromatic heterocycles. The monoisotopic (exact) mass is 802 g/mol. The van der Waals surface area contributed by atoms with Crippen LogP contribution in [0.1, 0.15) is 0 Å². The first-order chi connectivity index (χ1) is 31.2. The molecule has 0 fully saturated rings. The van der Waals surface area contributed by atoms with E-state index in [1.165, 1.54) is 60.0 Å². The Labute approximate surface area is 365 Å². The highest BCUT2D eigenvalue weighted by atomic mass is 15.0. The number of benzene rings is 10. The van der Waals surface area contributed by atoms with E-state index < -0.39 is 0 Å². The Hall–Kier alpha value is -8.47. The zero-order valence-corrected chi connectivity index (χ0v) is 34.2. The first kappa shape index (κ1) is 36.4. The average Bonchev–Trinajstić information content (AvgIpc) is 3.68. The van der Waals surface area contributed by atoms with E-state index in [0.717, 1.165) is 39.1 Å². The maximum atomic E-state index is 5.22. The summed E-state index contributed by atoms with van der Waals surface area (Å²) in [6.45, 7) is 0. The van der Waals surface area contributed by atoms with E-state index in [-0.39, 0.29) is 0 Å². The van der Waals surface area contributed by atoms with Crippen LogP contribution in [-0.4, -0.2) is 19.5 Å². The maximum Gasteiger partial charge on any atom is 0.164 e. The van der Waals surface area contributed by atoms with Crippen LogP contribution in [0.4, 0.5) is 0 Å². The first-order valence-electron chi connectivity index (χ1n) is 21.3. The average molecular weight is 803 g/mol. The molecule has 0 aliphatic rings. The van der Waals surface area contributed by atoms with Gasteiger partial charge in [0.2, 0.25) is 0 Å². The Balaban J connectivity index is 0.991. The summed E-state index contributed by atoms with van der Waals surface area (Å²) in [5, 5.41) is 7.33. The predicted molar refractivity (Wildman–Crippen MR) is 262 cm³/mol. The highest BCUT2D eigenvalue weighted by molar-refractivity contribution is 6.13. The summed E-state index contributed by atoms with van der Waals surface area (Å²) < 4.78 is 2.36. The third-order valence-electron chi connectivity index (χ3n) is 12.2. The van der Waals surface area contributed by atoms with Gasteiger partial charge in [-0.3, -0.25) is 0 Å². The molecule has 12 rings (SSSR count). The van der Waals surface area contributed by atoms with Gasteiger partial charge in [-0.2, -0.15) is 0 Å². The van der Waals surface area contributed by atoms with E-state index in [4.69, 9.17) is 15.0 Å². The van der Waals surface area contributed by atoms with E-state index in [1.54, 1.807) is 0 Å². The van der Waals surface area contributed by atoms with Crippen molar-refractivity contribution < 1.29 is 0 Å². The van der Waals surface area contributed by atoms with Crippen molar-refractivity contribution in [1.29, 1.82) is 0 Å². The summed E-state index contributed by atoms with van der Waals surface area (Å²) in [5.74, 6) is 1.85. The van der Waals surface area contributed by atoms with E-state index >= 15 is 0 Å². The molecule has 294 valence electrons. The topological polar surface area (TPSA) is 43.6 Å². The molecule has 0 atom stereocenters. The Morgan fingerprint density at radius 2 is 0.746 bits per heavy atom. The van der Waals surface area contributed by atoms with Gasteiger partial charge < -0.3 is 4.57 Å². The molecule has 0 radical (unpaired) electrons. The van der Waals surface area contributed by atoms with Crippen molar-refractivity contribution in [3.63, 3.8) is 0 Å². The fraction of sp³-hybridized carbons (Fsp3) is 0. The summed E-state index contributed by atoms with van der Waals surface area (Å²) in [6.07, 6.45) is 0. The lowest BCUT2D eigenvalue weighted by Gasteiger charge is -2.14. The quantitative estimate of drug-likeness (QED) is 0.161. The standard InChI is InChI=1S/C59H38N4/c1-3-14-39(15-4-1)40-28-30-43(31-29-40)57-60-58(44-32-34-49(35-33-44)63-54-27-10-9-24-52(54)53-37-45-18-7-8-19-46(45)38-55(53)63)62-59(61-57)48-23-11-22-47(36-48)51-26-13-21-42-20-12-25-50(56(42)51)41-16-5-2-6-17-41/h1-38H. The summed E-state index contributed by atoms with van der Waals surface area (Å²) in [6, 6.07) is 81.8. The van der Waals surface area contributed by atoms with E-state index in [0.29, 0.717) is 17.5 Å². The molecule has 0 saturated heterocycles. The molecule has 10 aromatic carbocycles. The maximum absolute atomic E-state index is 5.22. The van der Waals surface area contributed by atoms with Gasteiger partial charge in [-0.1, -0.05) is 182 Å². The van der Waals surface area contributed by atoms with Crippen LogP contribution < -0.4 is 0 Å². The van der Waals surface area contributed by atoms with Crippen molar-refractivity contribution >= 4 is 43.4 Å². The number of nitrogens with zero attached hydrogens (tertiary/aromatic N) is 4. The largest absolute Gasteiger partial charge is 0.309 e. The first-order valence-corrected chi connectivity index (χ1v) is 21.3. The van der Waals surface area contributed by atoms with Gasteiger partial charge in [0.1, 0.15) is 0 Å². The molecular weight excluding hydrogens is 765 g/mol. The molecule has 4 heteroatoms. The zero-order chi connectivity index (χ0) is 41.7. The third kappa shape index (κ3) is 6.53. The Morgan fingerprint density at radius 3 is 1.44 bits per heavy atom. The lowest BCUT2D eigenvalue weighted by molar-refractivity contribution is 1.07.